The van der Waals surface area contributed by atoms with Crippen molar-refractivity contribution in [1.29, 1.82) is 0 Å². The van der Waals surface area contributed by atoms with E-state index in [9.17, 15) is 13.6 Å². The van der Waals surface area contributed by atoms with Gasteiger partial charge in [0.05, 0.1) is 0 Å². The van der Waals surface area contributed by atoms with E-state index in [4.69, 9.17) is 0 Å². The minimum absolute atomic E-state index is 0.181. The van der Waals surface area contributed by atoms with E-state index in [1.807, 2.05) is 19.1 Å². The van der Waals surface area contributed by atoms with E-state index in [0.29, 0.717) is 42.2 Å². The first-order chi connectivity index (χ1) is 14.9. The van der Waals surface area contributed by atoms with Crippen molar-refractivity contribution in [2.45, 2.75) is 26.8 Å². The van der Waals surface area contributed by atoms with Crippen molar-refractivity contribution >= 4 is 11.5 Å². The van der Waals surface area contributed by atoms with Gasteiger partial charge in [0, 0.05) is 54.3 Å². The van der Waals surface area contributed by atoms with Crippen LogP contribution in [0.25, 0.3) is 16.8 Å². The Morgan fingerprint density at radius 1 is 1.06 bits per heavy atom. The average molecular weight is 419 g/mol. The van der Waals surface area contributed by atoms with Gasteiger partial charge in [0.1, 0.15) is 11.6 Å². The highest BCUT2D eigenvalue weighted by atomic mass is 19.1. The molecule has 0 aliphatic carbocycles. The van der Waals surface area contributed by atoms with Crippen molar-refractivity contribution in [3.63, 3.8) is 0 Å². The van der Waals surface area contributed by atoms with Crippen LogP contribution in [0.3, 0.4) is 0 Å². The van der Waals surface area contributed by atoms with E-state index in [1.54, 1.807) is 13.1 Å². The van der Waals surface area contributed by atoms with Crippen molar-refractivity contribution in [2.75, 3.05) is 11.4 Å². The molecule has 5 rings (SSSR count). The number of rotatable bonds is 2. The van der Waals surface area contributed by atoms with Gasteiger partial charge >= 0.3 is 0 Å². The maximum absolute atomic E-state index is 14.2. The molecule has 4 heterocycles. The predicted octanol–water partition coefficient (Wildman–Crippen LogP) is 3.61. The molecule has 0 amide bonds. The van der Waals surface area contributed by atoms with Crippen LogP contribution >= 0.6 is 0 Å². The van der Waals surface area contributed by atoms with Crippen LogP contribution in [-0.4, -0.2) is 26.1 Å². The third-order valence-corrected chi connectivity index (χ3v) is 5.52. The number of nitrogens with zero attached hydrogens (tertiary/aromatic N) is 5. The lowest BCUT2D eigenvalue weighted by Crippen LogP contribution is -2.33. The lowest BCUT2D eigenvalue weighted by atomic mass is 9.99. The largest absolute Gasteiger partial charge is 0.350 e. The molecule has 0 bridgehead atoms. The van der Waals surface area contributed by atoms with Gasteiger partial charge in [0.15, 0.2) is 11.5 Å². The quantitative estimate of drug-likeness (QED) is 0.497. The normalized spacial score (nSPS) is 13.5. The van der Waals surface area contributed by atoms with E-state index < -0.39 is 11.6 Å². The fourth-order valence-corrected chi connectivity index (χ4v) is 4.02. The minimum atomic E-state index is -0.499. The van der Waals surface area contributed by atoms with E-state index in [2.05, 4.69) is 20.0 Å². The number of benzene rings is 1. The molecule has 0 atom stereocenters. The second kappa shape index (κ2) is 7.23. The Hall–Kier alpha value is -3.68. The lowest BCUT2D eigenvalue weighted by Gasteiger charge is -2.30. The molecule has 0 spiro atoms. The van der Waals surface area contributed by atoms with E-state index in [0.717, 1.165) is 29.0 Å². The summed E-state index contributed by atoms with van der Waals surface area (Å²) in [6, 6.07) is 8.54. The molecule has 31 heavy (non-hydrogen) atoms. The molecule has 156 valence electrons. The van der Waals surface area contributed by atoms with Crippen LogP contribution in [0, 0.1) is 25.5 Å². The zero-order chi connectivity index (χ0) is 21.7. The van der Waals surface area contributed by atoms with E-state index in [-0.39, 0.29) is 11.1 Å². The van der Waals surface area contributed by atoms with Gasteiger partial charge in [-0.05, 0) is 55.3 Å². The van der Waals surface area contributed by atoms with Gasteiger partial charge in [0.2, 0.25) is 0 Å². The summed E-state index contributed by atoms with van der Waals surface area (Å²) in [6.45, 7) is 4.89. The van der Waals surface area contributed by atoms with Crippen molar-refractivity contribution in [3.05, 3.63) is 87.1 Å². The third kappa shape index (κ3) is 3.43. The number of hydrogen-bond donors (Lipinski definition) is 0. The highest BCUT2D eigenvalue weighted by Gasteiger charge is 2.22. The SMILES string of the molecule is Cc1cc(=O)n2nc(N3CCc4ncc(-c5cc(F)ccc5F)cc4C3)c(C)cc2n1. The van der Waals surface area contributed by atoms with Crippen molar-refractivity contribution in [2.24, 2.45) is 0 Å². The van der Waals surface area contributed by atoms with Crippen LogP contribution in [0.1, 0.15) is 22.5 Å². The number of pyridine rings is 1. The van der Waals surface area contributed by atoms with Gasteiger partial charge < -0.3 is 4.90 Å². The summed E-state index contributed by atoms with van der Waals surface area (Å²) >= 11 is 0. The Bertz CT molecular complexity index is 1400. The van der Waals surface area contributed by atoms with Gasteiger partial charge in [-0.15, -0.1) is 5.10 Å². The van der Waals surface area contributed by atoms with Crippen molar-refractivity contribution in [1.82, 2.24) is 19.6 Å². The van der Waals surface area contributed by atoms with Crippen molar-refractivity contribution < 1.29 is 8.78 Å². The minimum Gasteiger partial charge on any atom is -0.350 e. The first-order valence-electron chi connectivity index (χ1n) is 9.95. The first-order valence-corrected chi connectivity index (χ1v) is 9.95. The molecule has 0 saturated carbocycles. The lowest BCUT2D eigenvalue weighted by molar-refractivity contribution is 0.603. The van der Waals surface area contributed by atoms with Gasteiger partial charge in [-0.1, -0.05) is 0 Å². The van der Waals surface area contributed by atoms with Gasteiger partial charge in [-0.3, -0.25) is 9.78 Å². The Morgan fingerprint density at radius 3 is 2.74 bits per heavy atom. The van der Waals surface area contributed by atoms with Crippen LogP contribution in [-0.2, 0) is 13.0 Å². The van der Waals surface area contributed by atoms with Crippen LogP contribution in [0.4, 0.5) is 14.6 Å². The molecule has 0 radical (unpaired) electrons. The third-order valence-electron chi connectivity index (χ3n) is 5.52. The molecule has 0 saturated heterocycles. The molecule has 1 aromatic carbocycles. The standard InChI is InChI=1S/C23H19F2N5O/c1-13-7-21-27-14(2)8-22(31)30(21)28-23(13)29-6-5-20-16(12-29)9-15(11-26-20)18-10-17(24)3-4-19(18)25/h3-4,7-11H,5-6,12H2,1-2H3. The molecular formula is C23H19F2N5O. The predicted molar refractivity (Wildman–Crippen MR) is 113 cm³/mol. The molecule has 6 nitrogen and oxygen atoms in total. The summed E-state index contributed by atoms with van der Waals surface area (Å²) < 4.78 is 29.2. The fraction of sp³-hybridized carbons (Fsp3) is 0.217. The summed E-state index contributed by atoms with van der Waals surface area (Å²) in [5.41, 5.74) is 4.38. The number of halogens is 2. The fourth-order valence-electron chi connectivity index (χ4n) is 4.02. The van der Waals surface area contributed by atoms with E-state index >= 15 is 0 Å². The smallest absolute Gasteiger partial charge is 0.274 e. The molecule has 8 heteroatoms. The second-order valence-electron chi connectivity index (χ2n) is 7.78. The summed E-state index contributed by atoms with van der Waals surface area (Å²) in [4.78, 5) is 23.3. The van der Waals surface area contributed by atoms with Crippen molar-refractivity contribution in [3.8, 4) is 11.1 Å². The summed E-state index contributed by atoms with van der Waals surface area (Å²) in [5.74, 6) is -0.306. The number of anilines is 1. The summed E-state index contributed by atoms with van der Waals surface area (Å²) in [7, 11) is 0. The zero-order valence-electron chi connectivity index (χ0n) is 17.1. The molecular weight excluding hydrogens is 400 g/mol. The Labute approximate surface area is 176 Å². The molecule has 1 aliphatic heterocycles. The van der Waals surface area contributed by atoms with Crippen LogP contribution < -0.4 is 10.5 Å². The summed E-state index contributed by atoms with van der Waals surface area (Å²) in [6.07, 6.45) is 2.26. The highest BCUT2D eigenvalue weighted by Crippen LogP contribution is 2.29. The topological polar surface area (TPSA) is 63.4 Å². The second-order valence-corrected chi connectivity index (χ2v) is 7.78. The van der Waals surface area contributed by atoms with Gasteiger partial charge in [-0.25, -0.2) is 13.8 Å². The number of hydrogen-bond acceptors (Lipinski definition) is 5. The molecule has 0 N–H and O–H groups in total. The highest BCUT2D eigenvalue weighted by molar-refractivity contribution is 5.65. The maximum atomic E-state index is 14.2. The zero-order valence-corrected chi connectivity index (χ0v) is 17.1. The Morgan fingerprint density at radius 2 is 1.90 bits per heavy atom. The van der Waals surface area contributed by atoms with Gasteiger partial charge in [0.25, 0.3) is 5.56 Å². The van der Waals surface area contributed by atoms with Gasteiger partial charge in [-0.2, -0.15) is 4.52 Å². The number of aromatic nitrogens is 4. The maximum Gasteiger partial charge on any atom is 0.274 e. The van der Waals surface area contributed by atoms with E-state index in [1.165, 1.54) is 16.6 Å². The first kappa shape index (κ1) is 19.3. The number of fused-ring (bicyclic) bond motifs is 2. The van der Waals surface area contributed by atoms with Crippen LogP contribution in [0.15, 0.2) is 47.4 Å². The monoisotopic (exact) mass is 419 g/mol. The molecule has 0 fully saturated rings. The van der Waals surface area contributed by atoms with Crippen LogP contribution in [0.2, 0.25) is 0 Å². The molecule has 1 aliphatic rings. The Kier molecular flexibility index (Phi) is 4.50. The molecule has 4 aromatic rings. The average Bonchev–Trinajstić information content (AvgIpc) is 2.74. The summed E-state index contributed by atoms with van der Waals surface area (Å²) in [5, 5.41) is 4.56. The molecule has 0 unspecified atom stereocenters. The van der Waals surface area contributed by atoms with Crippen LogP contribution in [0.5, 0.6) is 0 Å². The molecule has 3 aromatic heterocycles. The number of aryl methyl sites for hydroxylation is 2. The Balaban J connectivity index is 1.54.